The van der Waals surface area contributed by atoms with Crippen molar-refractivity contribution in [3.63, 3.8) is 0 Å². The summed E-state index contributed by atoms with van der Waals surface area (Å²) in [5.74, 6) is -0.232. The molecule has 0 radical (unpaired) electrons. The van der Waals surface area contributed by atoms with Gasteiger partial charge in [-0.15, -0.1) is 11.3 Å². The second kappa shape index (κ2) is 6.93. The number of nitrogens with zero attached hydrogens (tertiary/aromatic N) is 2. The molecule has 0 atom stereocenters. The zero-order chi connectivity index (χ0) is 16.4. The van der Waals surface area contributed by atoms with Gasteiger partial charge in [0.15, 0.2) is 0 Å². The molecule has 3 aromatic rings. The molecule has 8 heteroatoms. The maximum Gasteiger partial charge on any atom is 0.265 e. The van der Waals surface area contributed by atoms with E-state index in [1.54, 1.807) is 35.3 Å². The molecule has 3 rings (SSSR count). The Hall–Kier alpha value is -1.53. The van der Waals surface area contributed by atoms with Crippen LogP contribution in [0.5, 0.6) is 0 Å². The first-order chi connectivity index (χ1) is 11.0. The maximum atomic E-state index is 12.3. The van der Waals surface area contributed by atoms with Crippen molar-refractivity contribution in [1.82, 2.24) is 9.78 Å². The number of hydrogen-bond acceptors (Lipinski definition) is 3. The van der Waals surface area contributed by atoms with Gasteiger partial charge < -0.3 is 5.32 Å². The summed E-state index contributed by atoms with van der Waals surface area (Å²) in [6.07, 6.45) is 3.30. The third-order valence-corrected chi connectivity index (χ3v) is 5.02. The van der Waals surface area contributed by atoms with E-state index >= 15 is 0 Å². The van der Waals surface area contributed by atoms with E-state index in [0.717, 1.165) is 5.56 Å². The predicted molar refractivity (Wildman–Crippen MR) is 95.1 cm³/mol. The van der Waals surface area contributed by atoms with Crippen LogP contribution in [-0.2, 0) is 6.54 Å². The highest BCUT2D eigenvalue weighted by atomic mass is 35.5. The van der Waals surface area contributed by atoms with Crippen LogP contribution in [0.25, 0.3) is 0 Å². The van der Waals surface area contributed by atoms with Crippen LogP contribution >= 0.6 is 46.1 Å². The maximum absolute atomic E-state index is 12.3. The summed E-state index contributed by atoms with van der Waals surface area (Å²) in [7, 11) is 0. The van der Waals surface area contributed by atoms with Crippen LogP contribution < -0.4 is 5.32 Å². The quantitative estimate of drug-likeness (QED) is 0.669. The topological polar surface area (TPSA) is 46.9 Å². The van der Waals surface area contributed by atoms with E-state index in [2.05, 4.69) is 10.4 Å². The van der Waals surface area contributed by atoms with Crippen molar-refractivity contribution in [3.05, 3.63) is 67.5 Å². The van der Waals surface area contributed by atoms with Crippen molar-refractivity contribution in [2.75, 3.05) is 5.32 Å². The SMILES string of the molecule is O=C(Nc1cccc(Cl)c1Cl)c1cc(Cn2cc(Cl)cn2)cs1. The number of carbonyl (C=O) groups excluding carboxylic acids is 1. The van der Waals surface area contributed by atoms with Crippen LogP contribution in [0.4, 0.5) is 5.69 Å². The molecule has 0 aliphatic heterocycles. The molecule has 118 valence electrons. The van der Waals surface area contributed by atoms with E-state index in [1.165, 1.54) is 11.3 Å². The molecular weight excluding hydrogens is 377 g/mol. The molecule has 2 heterocycles. The number of benzene rings is 1. The summed E-state index contributed by atoms with van der Waals surface area (Å²) in [5, 5.41) is 10.1. The number of aromatic nitrogens is 2. The van der Waals surface area contributed by atoms with E-state index in [-0.39, 0.29) is 5.91 Å². The molecule has 23 heavy (non-hydrogen) atoms. The third kappa shape index (κ3) is 3.87. The van der Waals surface area contributed by atoms with Crippen molar-refractivity contribution in [1.29, 1.82) is 0 Å². The van der Waals surface area contributed by atoms with Crippen LogP contribution in [0, 0.1) is 0 Å². The van der Waals surface area contributed by atoms with E-state index in [4.69, 9.17) is 34.8 Å². The lowest BCUT2D eigenvalue weighted by Crippen LogP contribution is -2.10. The minimum Gasteiger partial charge on any atom is -0.320 e. The van der Waals surface area contributed by atoms with Crippen molar-refractivity contribution in [2.24, 2.45) is 0 Å². The lowest BCUT2D eigenvalue weighted by Gasteiger charge is -2.06. The van der Waals surface area contributed by atoms with Crippen molar-refractivity contribution in [3.8, 4) is 0 Å². The van der Waals surface area contributed by atoms with Crippen LogP contribution in [0.15, 0.2) is 42.0 Å². The summed E-state index contributed by atoms with van der Waals surface area (Å²) in [6, 6.07) is 6.91. The Labute approximate surface area is 151 Å². The van der Waals surface area contributed by atoms with Crippen LogP contribution in [0.3, 0.4) is 0 Å². The van der Waals surface area contributed by atoms with E-state index in [0.29, 0.717) is 32.2 Å². The fraction of sp³-hybridized carbons (Fsp3) is 0.0667. The van der Waals surface area contributed by atoms with Gasteiger partial charge in [-0.3, -0.25) is 9.48 Å². The molecule has 2 aromatic heterocycles. The van der Waals surface area contributed by atoms with Gasteiger partial charge in [-0.05, 0) is 29.1 Å². The third-order valence-electron chi connectivity index (χ3n) is 3.02. The number of thiophene rings is 1. The molecular formula is C15H10Cl3N3OS. The Kier molecular flexibility index (Phi) is 4.92. The highest BCUT2D eigenvalue weighted by molar-refractivity contribution is 7.12. The molecule has 1 amide bonds. The van der Waals surface area contributed by atoms with Crippen LogP contribution in [0.2, 0.25) is 15.1 Å². The summed E-state index contributed by atoms with van der Waals surface area (Å²) in [4.78, 5) is 12.9. The monoisotopic (exact) mass is 385 g/mol. The lowest BCUT2D eigenvalue weighted by molar-refractivity contribution is 0.103. The Balaban J connectivity index is 1.72. The summed E-state index contributed by atoms with van der Waals surface area (Å²) >= 11 is 19.2. The molecule has 4 nitrogen and oxygen atoms in total. The Morgan fingerprint density at radius 3 is 2.87 bits per heavy atom. The molecule has 0 unspecified atom stereocenters. The number of nitrogens with one attached hydrogen (secondary N) is 1. The number of anilines is 1. The van der Waals surface area contributed by atoms with E-state index < -0.39 is 0 Å². The molecule has 1 aromatic carbocycles. The standard InChI is InChI=1S/C15H10Cl3N3OS/c16-10-5-19-21(7-10)6-9-4-13(23-8-9)15(22)20-12-3-1-2-11(17)14(12)18/h1-5,7-8H,6H2,(H,20,22). The van der Waals surface area contributed by atoms with Gasteiger partial charge in [0.25, 0.3) is 5.91 Å². The Bertz CT molecular complexity index is 859. The van der Waals surface area contributed by atoms with Gasteiger partial charge in [-0.25, -0.2) is 0 Å². The largest absolute Gasteiger partial charge is 0.320 e. The van der Waals surface area contributed by atoms with Gasteiger partial charge in [0.05, 0.1) is 38.4 Å². The fourth-order valence-electron chi connectivity index (χ4n) is 1.97. The number of halogens is 3. The summed E-state index contributed by atoms with van der Waals surface area (Å²) < 4.78 is 1.71. The number of hydrogen-bond donors (Lipinski definition) is 1. The summed E-state index contributed by atoms with van der Waals surface area (Å²) in [6.45, 7) is 0.550. The first-order valence-electron chi connectivity index (χ1n) is 6.53. The molecule has 0 fully saturated rings. The van der Waals surface area contributed by atoms with Gasteiger partial charge in [-0.2, -0.15) is 5.10 Å². The van der Waals surface area contributed by atoms with Crippen LogP contribution in [0.1, 0.15) is 15.2 Å². The molecule has 0 saturated carbocycles. The molecule has 0 bridgehead atoms. The van der Waals surface area contributed by atoms with Crippen molar-refractivity contribution >= 4 is 57.7 Å². The highest BCUT2D eigenvalue weighted by Crippen LogP contribution is 2.30. The average Bonchev–Trinajstić information content (AvgIpc) is 3.14. The highest BCUT2D eigenvalue weighted by Gasteiger charge is 2.13. The van der Waals surface area contributed by atoms with Gasteiger partial charge in [0.1, 0.15) is 0 Å². The fourth-order valence-corrected chi connectivity index (χ4v) is 3.28. The average molecular weight is 387 g/mol. The van der Waals surface area contributed by atoms with Crippen molar-refractivity contribution < 1.29 is 4.79 Å². The minimum atomic E-state index is -0.232. The zero-order valence-electron chi connectivity index (χ0n) is 11.6. The molecule has 1 N–H and O–H groups in total. The minimum absolute atomic E-state index is 0.232. The second-order valence-electron chi connectivity index (χ2n) is 4.73. The molecule has 0 aliphatic rings. The van der Waals surface area contributed by atoms with Gasteiger partial charge >= 0.3 is 0 Å². The van der Waals surface area contributed by atoms with Crippen LogP contribution in [-0.4, -0.2) is 15.7 Å². The first-order valence-corrected chi connectivity index (χ1v) is 8.55. The number of amides is 1. The van der Waals surface area contributed by atoms with Gasteiger partial charge in [0.2, 0.25) is 0 Å². The Morgan fingerprint density at radius 2 is 2.13 bits per heavy atom. The van der Waals surface area contributed by atoms with Crippen molar-refractivity contribution in [2.45, 2.75) is 6.54 Å². The van der Waals surface area contributed by atoms with Gasteiger partial charge in [-0.1, -0.05) is 40.9 Å². The van der Waals surface area contributed by atoms with E-state index in [1.807, 2.05) is 11.4 Å². The predicted octanol–water partition coefficient (Wildman–Crippen LogP) is 5.21. The lowest BCUT2D eigenvalue weighted by atomic mass is 10.3. The smallest absolute Gasteiger partial charge is 0.265 e. The molecule has 0 saturated heterocycles. The van der Waals surface area contributed by atoms with E-state index in [9.17, 15) is 4.79 Å². The zero-order valence-corrected chi connectivity index (χ0v) is 14.7. The normalized spacial score (nSPS) is 10.7. The number of carbonyl (C=O) groups is 1. The Morgan fingerprint density at radius 1 is 1.30 bits per heavy atom. The first kappa shape index (κ1) is 16.3. The second-order valence-corrected chi connectivity index (χ2v) is 6.86. The molecule has 0 spiro atoms. The molecule has 0 aliphatic carbocycles. The number of rotatable bonds is 4. The summed E-state index contributed by atoms with van der Waals surface area (Å²) in [5.41, 5.74) is 1.45. The van der Waals surface area contributed by atoms with Gasteiger partial charge in [0, 0.05) is 6.20 Å².